The van der Waals surface area contributed by atoms with Gasteiger partial charge < -0.3 is 19.5 Å². The van der Waals surface area contributed by atoms with E-state index >= 15 is 0 Å². The second kappa shape index (κ2) is 8.61. The van der Waals surface area contributed by atoms with Gasteiger partial charge in [-0.2, -0.15) is 5.10 Å². The molecule has 0 amide bonds. The van der Waals surface area contributed by atoms with E-state index in [9.17, 15) is 4.39 Å². The molecule has 0 radical (unpaired) electrons. The molecule has 1 aromatic heterocycles. The Morgan fingerprint density at radius 1 is 1.04 bits per heavy atom. The van der Waals surface area contributed by atoms with Gasteiger partial charge in [0.15, 0.2) is 11.5 Å². The van der Waals surface area contributed by atoms with Crippen molar-refractivity contribution < 1.29 is 13.9 Å². The van der Waals surface area contributed by atoms with Gasteiger partial charge in [-0.05, 0) is 49.7 Å². The monoisotopic (exact) mass is 381 g/mol. The molecule has 146 valence electrons. The van der Waals surface area contributed by atoms with Crippen molar-refractivity contribution in [1.29, 1.82) is 0 Å². The Labute approximate surface area is 164 Å². The lowest BCUT2D eigenvalue weighted by molar-refractivity contribution is 0.354. The van der Waals surface area contributed by atoms with E-state index < -0.39 is 0 Å². The largest absolute Gasteiger partial charge is 0.493 e. The number of benzene rings is 2. The standard InChI is InChI=1S/C22H24FN3O2/c1-15-11-18(16(2)26(15)20-8-6-5-7-19(20)23)14-25-24-13-17-9-10-21(27-3)22(12-17)28-4/h5-12,14,24H,13H2,1-4H3/b25-14+. The van der Waals surface area contributed by atoms with Crippen molar-refractivity contribution in [2.45, 2.75) is 20.4 Å². The van der Waals surface area contributed by atoms with E-state index in [0.717, 1.165) is 22.5 Å². The van der Waals surface area contributed by atoms with E-state index in [-0.39, 0.29) is 5.82 Å². The minimum absolute atomic E-state index is 0.251. The van der Waals surface area contributed by atoms with Crippen LogP contribution in [0.4, 0.5) is 4.39 Å². The van der Waals surface area contributed by atoms with Crippen molar-refractivity contribution >= 4 is 6.21 Å². The summed E-state index contributed by atoms with van der Waals surface area (Å²) >= 11 is 0. The molecule has 6 heteroatoms. The van der Waals surface area contributed by atoms with E-state index in [2.05, 4.69) is 10.5 Å². The summed E-state index contributed by atoms with van der Waals surface area (Å²) in [6.07, 6.45) is 1.75. The number of hydrogen-bond donors (Lipinski definition) is 1. The van der Waals surface area contributed by atoms with Crippen LogP contribution in [0.5, 0.6) is 11.5 Å². The molecular formula is C22H24FN3O2. The van der Waals surface area contributed by atoms with Crippen molar-refractivity contribution in [3.8, 4) is 17.2 Å². The van der Waals surface area contributed by atoms with Crippen molar-refractivity contribution in [3.63, 3.8) is 0 Å². The number of aromatic nitrogens is 1. The van der Waals surface area contributed by atoms with Crippen LogP contribution in [-0.2, 0) is 6.54 Å². The molecule has 0 saturated heterocycles. The van der Waals surface area contributed by atoms with Gasteiger partial charge in [0.2, 0.25) is 0 Å². The summed E-state index contributed by atoms with van der Waals surface area (Å²) in [7, 11) is 3.22. The number of aryl methyl sites for hydroxylation is 1. The number of halogens is 1. The highest BCUT2D eigenvalue weighted by Crippen LogP contribution is 2.27. The number of hydrazone groups is 1. The van der Waals surface area contributed by atoms with Crippen LogP contribution in [0.3, 0.4) is 0 Å². The second-order valence-corrected chi connectivity index (χ2v) is 6.40. The fraction of sp³-hybridized carbons (Fsp3) is 0.227. The third kappa shape index (κ3) is 4.01. The number of para-hydroxylation sites is 1. The number of methoxy groups -OCH3 is 2. The van der Waals surface area contributed by atoms with Gasteiger partial charge in [0.1, 0.15) is 5.82 Å². The highest BCUT2D eigenvalue weighted by molar-refractivity contribution is 5.82. The summed E-state index contributed by atoms with van der Waals surface area (Å²) in [5, 5.41) is 4.31. The van der Waals surface area contributed by atoms with E-state index in [1.54, 1.807) is 32.6 Å². The molecule has 0 aliphatic carbocycles. The number of rotatable bonds is 7. The van der Waals surface area contributed by atoms with E-state index in [4.69, 9.17) is 9.47 Å². The Kier molecular flexibility index (Phi) is 5.99. The summed E-state index contributed by atoms with van der Waals surface area (Å²) in [6.45, 7) is 4.45. The fourth-order valence-corrected chi connectivity index (χ4v) is 3.16. The van der Waals surface area contributed by atoms with Crippen LogP contribution >= 0.6 is 0 Å². The first kappa shape index (κ1) is 19.5. The molecule has 3 rings (SSSR count). The highest BCUT2D eigenvalue weighted by atomic mass is 19.1. The molecule has 5 nitrogen and oxygen atoms in total. The molecule has 0 aliphatic heterocycles. The van der Waals surface area contributed by atoms with Gasteiger partial charge in [0.25, 0.3) is 0 Å². The zero-order valence-electron chi connectivity index (χ0n) is 16.5. The van der Waals surface area contributed by atoms with Crippen LogP contribution in [0.2, 0.25) is 0 Å². The summed E-state index contributed by atoms with van der Waals surface area (Å²) in [4.78, 5) is 0. The number of nitrogens with zero attached hydrogens (tertiary/aromatic N) is 2. The maximum atomic E-state index is 14.2. The topological polar surface area (TPSA) is 47.8 Å². The van der Waals surface area contributed by atoms with Crippen LogP contribution < -0.4 is 14.9 Å². The van der Waals surface area contributed by atoms with Crippen molar-refractivity contribution in [2.75, 3.05) is 14.2 Å². The van der Waals surface area contributed by atoms with Crippen LogP contribution in [0.15, 0.2) is 53.6 Å². The molecule has 0 atom stereocenters. The summed E-state index contributed by atoms with van der Waals surface area (Å²) in [5.74, 6) is 1.12. The Balaban J connectivity index is 1.72. The van der Waals surface area contributed by atoms with Gasteiger partial charge >= 0.3 is 0 Å². The quantitative estimate of drug-likeness (QED) is 0.488. The lowest BCUT2D eigenvalue weighted by Gasteiger charge is -2.10. The normalized spacial score (nSPS) is 11.0. The molecule has 0 spiro atoms. The van der Waals surface area contributed by atoms with Crippen LogP contribution in [0.25, 0.3) is 5.69 Å². The maximum absolute atomic E-state index is 14.2. The minimum Gasteiger partial charge on any atom is -0.493 e. The number of ether oxygens (including phenoxy) is 2. The van der Waals surface area contributed by atoms with Crippen molar-refractivity contribution in [1.82, 2.24) is 9.99 Å². The lowest BCUT2D eigenvalue weighted by atomic mass is 10.2. The molecule has 0 saturated carbocycles. The van der Waals surface area contributed by atoms with E-state index in [1.807, 2.05) is 48.7 Å². The molecule has 0 fully saturated rings. The van der Waals surface area contributed by atoms with Crippen molar-refractivity contribution in [2.24, 2.45) is 5.10 Å². The van der Waals surface area contributed by atoms with Gasteiger partial charge in [-0.1, -0.05) is 18.2 Å². The first-order valence-corrected chi connectivity index (χ1v) is 8.95. The summed E-state index contributed by atoms with van der Waals surface area (Å²) in [5.41, 5.74) is 7.40. The average Bonchev–Trinajstić information content (AvgIpc) is 2.98. The fourth-order valence-electron chi connectivity index (χ4n) is 3.16. The van der Waals surface area contributed by atoms with Crippen LogP contribution in [0.1, 0.15) is 22.5 Å². The molecule has 3 aromatic rings. The third-order valence-corrected chi connectivity index (χ3v) is 4.59. The van der Waals surface area contributed by atoms with Gasteiger partial charge in [0, 0.05) is 17.0 Å². The number of hydrogen-bond acceptors (Lipinski definition) is 4. The predicted octanol–water partition coefficient (Wildman–Crippen LogP) is 4.37. The Morgan fingerprint density at radius 3 is 2.50 bits per heavy atom. The second-order valence-electron chi connectivity index (χ2n) is 6.40. The molecule has 0 bridgehead atoms. The van der Waals surface area contributed by atoms with Gasteiger partial charge in [-0.3, -0.25) is 0 Å². The van der Waals surface area contributed by atoms with Crippen LogP contribution in [0, 0.1) is 19.7 Å². The van der Waals surface area contributed by atoms with Crippen LogP contribution in [-0.4, -0.2) is 25.0 Å². The van der Waals surface area contributed by atoms with Gasteiger partial charge in [0.05, 0.1) is 32.7 Å². The Bertz CT molecular complexity index is 995. The van der Waals surface area contributed by atoms with Gasteiger partial charge in [-0.25, -0.2) is 4.39 Å². The van der Waals surface area contributed by atoms with E-state index in [0.29, 0.717) is 23.7 Å². The Morgan fingerprint density at radius 2 is 1.79 bits per heavy atom. The summed E-state index contributed by atoms with van der Waals surface area (Å²) < 4.78 is 26.6. The van der Waals surface area contributed by atoms with Gasteiger partial charge in [-0.15, -0.1) is 0 Å². The molecule has 0 unspecified atom stereocenters. The average molecular weight is 381 g/mol. The Hall–Kier alpha value is -3.28. The molecule has 0 aliphatic rings. The molecule has 28 heavy (non-hydrogen) atoms. The first-order chi connectivity index (χ1) is 13.5. The SMILES string of the molecule is COc1ccc(CN/N=C/c2cc(C)n(-c3ccccc3F)c2C)cc1OC. The zero-order valence-corrected chi connectivity index (χ0v) is 16.5. The smallest absolute Gasteiger partial charge is 0.161 e. The molecular weight excluding hydrogens is 357 g/mol. The lowest BCUT2D eigenvalue weighted by Crippen LogP contribution is -2.06. The summed E-state index contributed by atoms with van der Waals surface area (Å²) in [6, 6.07) is 14.5. The molecule has 2 aromatic carbocycles. The highest BCUT2D eigenvalue weighted by Gasteiger charge is 2.12. The third-order valence-electron chi connectivity index (χ3n) is 4.59. The predicted molar refractivity (Wildman–Crippen MR) is 109 cm³/mol. The van der Waals surface area contributed by atoms with Crippen molar-refractivity contribution in [3.05, 3.63) is 76.9 Å². The molecule has 1 heterocycles. The number of nitrogens with one attached hydrogen (secondary N) is 1. The maximum Gasteiger partial charge on any atom is 0.161 e. The molecule has 1 N–H and O–H groups in total. The minimum atomic E-state index is -0.251. The van der Waals surface area contributed by atoms with E-state index in [1.165, 1.54) is 6.07 Å². The first-order valence-electron chi connectivity index (χ1n) is 8.95. The zero-order chi connectivity index (χ0) is 20.1.